The Morgan fingerprint density at radius 1 is 1.04 bits per heavy atom. The average Bonchev–Trinajstić information content (AvgIpc) is 3.22. The Bertz CT molecular complexity index is 777. The molecular formula is C22H25N3O. The third-order valence-corrected chi connectivity index (χ3v) is 5.58. The standard InChI is InChI=1S/C22H25N3O/c26-21(16-17-4-1-2-5-17)25-14-10-19(11-15-25)18-6-8-20(9-7-18)22-23-12-3-13-24-22/h3,6-10,12-13,17H,1-2,4-5,11,14-16H2. The van der Waals surface area contributed by atoms with Gasteiger partial charge in [-0.25, -0.2) is 9.97 Å². The van der Waals surface area contributed by atoms with E-state index in [1.165, 1.54) is 36.8 Å². The molecule has 1 aliphatic carbocycles. The molecule has 1 fully saturated rings. The summed E-state index contributed by atoms with van der Waals surface area (Å²) in [5, 5.41) is 0. The lowest BCUT2D eigenvalue weighted by Gasteiger charge is -2.27. The fourth-order valence-corrected chi connectivity index (χ4v) is 4.03. The first kappa shape index (κ1) is 17.0. The summed E-state index contributed by atoms with van der Waals surface area (Å²) in [6.07, 6.45) is 12.5. The van der Waals surface area contributed by atoms with Crippen molar-refractivity contribution in [3.05, 3.63) is 54.4 Å². The number of hydrogen-bond acceptors (Lipinski definition) is 3. The molecule has 4 nitrogen and oxygen atoms in total. The number of carbonyl (C=O) groups excluding carboxylic acids is 1. The lowest BCUT2D eigenvalue weighted by molar-refractivity contribution is -0.131. The quantitative estimate of drug-likeness (QED) is 0.826. The largest absolute Gasteiger partial charge is 0.339 e. The minimum Gasteiger partial charge on any atom is -0.339 e. The van der Waals surface area contributed by atoms with Gasteiger partial charge in [-0.15, -0.1) is 0 Å². The maximum absolute atomic E-state index is 12.5. The van der Waals surface area contributed by atoms with E-state index in [1.54, 1.807) is 12.4 Å². The maximum Gasteiger partial charge on any atom is 0.223 e. The predicted molar refractivity (Wildman–Crippen MR) is 103 cm³/mol. The molecule has 1 amide bonds. The van der Waals surface area contributed by atoms with Gasteiger partial charge in [0.1, 0.15) is 0 Å². The van der Waals surface area contributed by atoms with E-state index in [2.05, 4.69) is 40.3 Å². The normalized spacial score (nSPS) is 18.0. The monoisotopic (exact) mass is 347 g/mol. The fourth-order valence-electron chi connectivity index (χ4n) is 4.03. The van der Waals surface area contributed by atoms with Crippen LogP contribution in [0.3, 0.4) is 0 Å². The van der Waals surface area contributed by atoms with Crippen LogP contribution >= 0.6 is 0 Å². The van der Waals surface area contributed by atoms with Crippen LogP contribution in [-0.4, -0.2) is 33.9 Å². The molecule has 134 valence electrons. The molecule has 4 heteroatoms. The summed E-state index contributed by atoms with van der Waals surface area (Å²) >= 11 is 0. The van der Waals surface area contributed by atoms with Gasteiger partial charge in [0.15, 0.2) is 5.82 Å². The summed E-state index contributed by atoms with van der Waals surface area (Å²) in [6, 6.07) is 10.2. The highest BCUT2D eigenvalue weighted by atomic mass is 16.2. The minimum absolute atomic E-state index is 0.337. The topological polar surface area (TPSA) is 46.1 Å². The van der Waals surface area contributed by atoms with Crippen molar-refractivity contribution in [1.29, 1.82) is 0 Å². The third-order valence-electron chi connectivity index (χ3n) is 5.58. The van der Waals surface area contributed by atoms with Gasteiger partial charge in [0.05, 0.1) is 0 Å². The average molecular weight is 347 g/mol. The Kier molecular flexibility index (Phi) is 5.09. The number of benzene rings is 1. The molecule has 26 heavy (non-hydrogen) atoms. The zero-order chi connectivity index (χ0) is 17.8. The van der Waals surface area contributed by atoms with Gasteiger partial charge >= 0.3 is 0 Å². The number of carbonyl (C=O) groups is 1. The molecule has 0 N–H and O–H groups in total. The van der Waals surface area contributed by atoms with Crippen LogP contribution in [0.4, 0.5) is 0 Å². The molecule has 1 aromatic heterocycles. The number of rotatable bonds is 4. The van der Waals surface area contributed by atoms with Gasteiger partial charge in [-0.05, 0) is 42.4 Å². The van der Waals surface area contributed by atoms with Gasteiger partial charge in [0, 0.05) is 37.5 Å². The molecule has 1 aromatic carbocycles. The van der Waals surface area contributed by atoms with Gasteiger partial charge in [-0.3, -0.25) is 4.79 Å². The Hall–Kier alpha value is -2.49. The summed E-state index contributed by atoms with van der Waals surface area (Å²) in [5.41, 5.74) is 3.59. The van der Waals surface area contributed by atoms with Crippen molar-refractivity contribution in [3.8, 4) is 11.4 Å². The highest BCUT2D eigenvalue weighted by Gasteiger charge is 2.23. The smallest absolute Gasteiger partial charge is 0.223 e. The Morgan fingerprint density at radius 2 is 1.73 bits per heavy atom. The molecule has 0 radical (unpaired) electrons. The Morgan fingerprint density at radius 3 is 2.38 bits per heavy atom. The zero-order valence-corrected chi connectivity index (χ0v) is 15.1. The van der Waals surface area contributed by atoms with Crippen LogP contribution in [0, 0.1) is 5.92 Å². The van der Waals surface area contributed by atoms with Gasteiger partial charge < -0.3 is 4.90 Å². The van der Waals surface area contributed by atoms with Crippen molar-refractivity contribution >= 4 is 11.5 Å². The van der Waals surface area contributed by atoms with Gasteiger partial charge in [-0.1, -0.05) is 43.2 Å². The summed E-state index contributed by atoms with van der Waals surface area (Å²) < 4.78 is 0. The first-order valence-corrected chi connectivity index (χ1v) is 9.64. The molecule has 1 saturated carbocycles. The van der Waals surface area contributed by atoms with E-state index in [1.807, 2.05) is 11.0 Å². The van der Waals surface area contributed by atoms with E-state index in [0.29, 0.717) is 11.8 Å². The van der Waals surface area contributed by atoms with Crippen LogP contribution in [-0.2, 0) is 4.79 Å². The summed E-state index contributed by atoms with van der Waals surface area (Å²) in [5.74, 6) is 1.71. The highest BCUT2D eigenvalue weighted by molar-refractivity contribution is 5.78. The van der Waals surface area contributed by atoms with Gasteiger partial charge in [-0.2, -0.15) is 0 Å². The van der Waals surface area contributed by atoms with E-state index in [-0.39, 0.29) is 0 Å². The molecule has 0 saturated heterocycles. The van der Waals surface area contributed by atoms with Crippen LogP contribution < -0.4 is 0 Å². The highest BCUT2D eigenvalue weighted by Crippen LogP contribution is 2.29. The second-order valence-electron chi connectivity index (χ2n) is 7.32. The zero-order valence-electron chi connectivity index (χ0n) is 15.1. The van der Waals surface area contributed by atoms with E-state index in [4.69, 9.17) is 0 Å². The molecule has 0 bridgehead atoms. The molecule has 0 spiro atoms. The SMILES string of the molecule is O=C(CC1CCCC1)N1CC=C(c2ccc(-c3ncccn3)cc2)CC1. The number of hydrogen-bond donors (Lipinski definition) is 0. The van der Waals surface area contributed by atoms with E-state index in [0.717, 1.165) is 37.3 Å². The van der Waals surface area contributed by atoms with Crippen molar-refractivity contribution in [2.75, 3.05) is 13.1 Å². The van der Waals surface area contributed by atoms with Gasteiger partial charge in [0.25, 0.3) is 0 Å². The molecule has 2 aliphatic rings. The first-order chi connectivity index (χ1) is 12.8. The number of aromatic nitrogens is 2. The second-order valence-corrected chi connectivity index (χ2v) is 7.32. The summed E-state index contributed by atoms with van der Waals surface area (Å²) in [4.78, 5) is 23.1. The van der Waals surface area contributed by atoms with Crippen LogP contribution in [0.5, 0.6) is 0 Å². The minimum atomic E-state index is 0.337. The number of nitrogens with zero attached hydrogens (tertiary/aromatic N) is 3. The van der Waals surface area contributed by atoms with Crippen LogP contribution in [0.25, 0.3) is 17.0 Å². The second kappa shape index (κ2) is 7.81. The van der Waals surface area contributed by atoms with Crippen molar-refractivity contribution in [1.82, 2.24) is 14.9 Å². The van der Waals surface area contributed by atoms with E-state index in [9.17, 15) is 4.79 Å². The van der Waals surface area contributed by atoms with Crippen molar-refractivity contribution in [2.24, 2.45) is 5.92 Å². The predicted octanol–water partition coefficient (Wildman–Crippen LogP) is 4.34. The number of amides is 1. The lowest BCUT2D eigenvalue weighted by atomic mass is 9.97. The summed E-state index contributed by atoms with van der Waals surface area (Å²) in [7, 11) is 0. The molecule has 4 rings (SSSR count). The maximum atomic E-state index is 12.5. The first-order valence-electron chi connectivity index (χ1n) is 9.64. The molecule has 0 unspecified atom stereocenters. The van der Waals surface area contributed by atoms with Crippen LogP contribution in [0.1, 0.15) is 44.1 Å². The van der Waals surface area contributed by atoms with Crippen LogP contribution in [0.2, 0.25) is 0 Å². The van der Waals surface area contributed by atoms with Crippen molar-refractivity contribution in [3.63, 3.8) is 0 Å². The van der Waals surface area contributed by atoms with E-state index >= 15 is 0 Å². The Balaban J connectivity index is 1.38. The van der Waals surface area contributed by atoms with Crippen molar-refractivity contribution < 1.29 is 4.79 Å². The van der Waals surface area contributed by atoms with Gasteiger partial charge in [0.2, 0.25) is 5.91 Å². The molecule has 2 heterocycles. The molecule has 2 aromatic rings. The lowest BCUT2D eigenvalue weighted by Crippen LogP contribution is -2.35. The Labute approximate surface area is 155 Å². The van der Waals surface area contributed by atoms with Crippen LogP contribution in [0.15, 0.2) is 48.8 Å². The molecule has 0 atom stereocenters. The molecular weight excluding hydrogens is 322 g/mol. The summed E-state index contributed by atoms with van der Waals surface area (Å²) in [6.45, 7) is 1.57. The fraction of sp³-hybridized carbons (Fsp3) is 0.409. The van der Waals surface area contributed by atoms with E-state index < -0.39 is 0 Å². The van der Waals surface area contributed by atoms with Crippen molar-refractivity contribution in [2.45, 2.75) is 38.5 Å². The third kappa shape index (κ3) is 3.85. The molecule has 1 aliphatic heterocycles.